The summed E-state index contributed by atoms with van der Waals surface area (Å²) in [6.07, 6.45) is 1.26. The van der Waals surface area contributed by atoms with Gasteiger partial charge in [-0.05, 0) is 36.0 Å². The second-order valence-electron chi connectivity index (χ2n) is 7.41. The van der Waals surface area contributed by atoms with Crippen molar-refractivity contribution in [2.24, 2.45) is 5.92 Å². The highest BCUT2D eigenvalue weighted by molar-refractivity contribution is 7.88. The standard InChI is InChI=1S/C21H26N2O3S/c1-16(2)14-19(22-27(25,26)15-17-8-4-3-5-9-17)21(24)23-13-12-18-10-6-7-11-20(18)23/h3-11,16,19,22H,12-15H2,1-2H3/t19-/m1/s1. The molecule has 1 aliphatic heterocycles. The van der Waals surface area contributed by atoms with Crippen LogP contribution in [0.5, 0.6) is 0 Å². The quantitative estimate of drug-likeness (QED) is 0.795. The molecule has 0 fully saturated rings. The number of carbonyl (C=O) groups excluding carboxylic acids is 1. The summed E-state index contributed by atoms with van der Waals surface area (Å²) in [5, 5.41) is 0. The van der Waals surface area contributed by atoms with E-state index >= 15 is 0 Å². The number of carbonyl (C=O) groups is 1. The SMILES string of the molecule is CC(C)C[C@@H](NS(=O)(=O)Cc1ccccc1)C(=O)N1CCc2ccccc21. The van der Waals surface area contributed by atoms with Gasteiger partial charge in [0.1, 0.15) is 6.04 Å². The van der Waals surface area contributed by atoms with Crippen molar-refractivity contribution >= 4 is 21.6 Å². The lowest BCUT2D eigenvalue weighted by Gasteiger charge is -2.26. The van der Waals surface area contributed by atoms with E-state index in [0.29, 0.717) is 18.5 Å². The van der Waals surface area contributed by atoms with Crippen LogP contribution in [-0.4, -0.2) is 26.9 Å². The highest BCUT2D eigenvalue weighted by Crippen LogP contribution is 2.28. The van der Waals surface area contributed by atoms with E-state index in [-0.39, 0.29) is 17.6 Å². The Kier molecular flexibility index (Phi) is 5.97. The number of nitrogens with zero attached hydrogens (tertiary/aromatic N) is 1. The number of rotatable bonds is 7. The molecule has 144 valence electrons. The van der Waals surface area contributed by atoms with Crippen LogP contribution in [-0.2, 0) is 27.0 Å². The number of amides is 1. The van der Waals surface area contributed by atoms with E-state index in [4.69, 9.17) is 0 Å². The number of para-hydroxylation sites is 1. The summed E-state index contributed by atoms with van der Waals surface area (Å²) in [7, 11) is -3.63. The van der Waals surface area contributed by atoms with Crippen LogP contribution in [0.15, 0.2) is 54.6 Å². The van der Waals surface area contributed by atoms with Gasteiger partial charge in [0.05, 0.1) is 5.75 Å². The topological polar surface area (TPSA) is 66.5 Å². The Morgan fingerprint density at radius 2 is 1.74 bits per heavy atom. The molecule has 0 radical (unpaired) electrons. The van der Waals surface area contributed by atoms with Gasteiger partial charge in [-0.25, -0.2) is 13.1 Å². The third-order valence-corrected chi connectivity index (χ3v) is 6.04. The number of hydrogen-bond acceptors (Lipinski definition) is 3. The molecule has 0 unspecified atom stereocenters. The van der Waals surface area contributed by atoms with Gasteiger partial charge in [0.2, 0.25) is 15.9 Å². The molecule has 0 aromatic heterocycles. The summed E-state index contributed by atoms with van der Waals surface area (Å²) < 4.78 is 28.0. The molecule has 2 aromatic rings. The summed E-state index contributed by atoms with van der Waals surface area (Å²) in [5.74, 6) is -0.117. The fraction of sp³-hybridized carbons (Fsp3) is 0.381. The number of anilines is 1. The Labute approximate surface area is 161 Å². The largest absolute Gasteiger partial charge is 0.310 e. The highest BCUT2D eigenvalue weighted by atomic mass is 32.2. The first-order valence-electron chi connectivity index (χ1n) is 9.29. The van der Waals surface area contributed by atoms with Crippen molar-refractivity contribution in [1.82, 2.24) is 4.72 Å². The van der Waals surface area contributed by atoms with Gasteiger partial charge >= 0.3 is 0 Å². The van der Waals surface area contributed by atoms with Gasteiger partial charge in [-0.2, -0.15) is 0 Å². The minimum absolute atomic E-state index is 0.133. The first kappa shape index (κ1) is 19.6. The number of fused-ring (bicyclic) bond motifs is 1. The molecular weight excluding hydrogens is 360 g/mol. The van der Waals surface area contributed by atoms with Crippen molar-refractivity contribution in [3.8, 4) is 0 Å². The lowest BCUT2D eigenvalue weighted by molar-refractivity contribution is -0.120. The fourth-order valence-electron chi connectivity index (χ4n) is 3.48. The lowest BCUT2D eigenvalue weighted by Crippen LogP contribution is -2.49. The van der Waals surface area contributed by atoms with Gasteiger partial charge in [-0.3, -0.25) is 4.79 Å². The molecular formula is C21H26N2O3S. The van der Waals surface area contributed by atoms with Crippen molar-refractivity contribution in [1.29, 1.82) is 0 Å². The summed E-state index contributed by atoms with van der Waals surface area (Å²) in [6, 6.07) is 16.0. The zero-order valence-corrected chi connectivity index (χ0v) is 16.6. The second-order valence-corrected chi connectivity index (χ2v) is 9.17. The van der Waals surface area contributed by atoms with E-state index in [2.05, 4.69) is 4.72 Å². The maximum Gasteiger partial charge on any atom is 0.245 e. The maximum atomic E-state index is 13.2. The van der Waals surface area contributed by atoms with E-state index in [1.165, 1.54) is 0 Å². The first-order valence-corrected chi connectivity index (χ1v) is 10.9. The first-order chi connectivity index (χ1) is 12.9. The molecule has 2 aromatic carbocycles. The van der Waals surface area contributed by atoms with E-state index in [1.807, 2.05) is 56.3 Å². The average Bonchev–Trinajstić information content (AvgIpc) is 3.04. The Bertz CT molecular complexity index is 895. The molecule has 27 heavy (non-hydrogen) atoms. The van der Waals surface area contributed by atoms with Gasteiger partial charge in [0.25, 0.3) is 0 Å². The molecule has 0 saturated carbocycles. The zero-order valence-electron chi connectivity index (χ0n) is 15.8. The Morgan fingerprint density at radius 1 is 1.07 bits per heavy atom. The van der Waals surface area contributed by atoms with Gasteiger partial charge in [0.15, 0.2) is 0 Å². The van der Waals surface area contributed by atoms with Gasteiger partial charge in [0, 0.05) is 12.2 Å². The van der Waals surface area contributed by atoms with Crippen molar-refractivity contribution in [3.05, 3.63) is 65.7 Å². The van der Waals surface area contributed by atoms with E-state index in [0.717, 1.165) is 17.7 Å². The number of sulfonamides is 1. The number of benzene rings is 2. The van der Waals surface area contributed by atoms with Crippen molar-refractivity contribution in [2.75, 3.05) is 11.4 Å². The van der Waals surface area contributed by atoms with Crippen LogP contribution in [0, 0.1) is 5.92 Å². The molecule has 0 aliphatic carbocycles. The summed E-state index contributed by atoms with van der Waals surface area (Å²) in [4.78, 5) is 14.9. The molecule has 1 atom stereocenters. The van der Waals surface area contributed by atoms with Gasteiger partial charge in [-0.1, -0.05) is 62.4 Å². The number of nitrogens with one attached hydrogen (secondary N) is 1. The minimum atomic E-state index is -3.63. The average molecular weight is 387 g/mol. The molecule has 1 heterocycles. The third-order valence-electron chi connectivity index (χ3n) is 4.68. The molecule has 0 saturated heterocycles. The fourth-order valence-corrected chi connectivity index (χ4v) is 4.82. The van der Waals surface area contributed by atoms with Crippen LogP contribution in [0.3, 0.4) is 0 Å². The zero-order chi connectivity index (χ0) is 19.4. The molecule has 1 amide bonds. The van der Waals surface area contributed by atoms with Crippen LogP contribution in [0.1, 0.15) is 31.4 Å². The number of hydrogen-bond donors (Lipinski definition) is 1. The predicted molar refractivity (Wildman–Crippen MR) is 108 cm³/mol. The Balaban J connectivity index is 1.79. The second kappa shape index (κ2) is 8.23. The molecule has 5 nitrogen and oxygen atoms in total. The van der Waals surface area contributed by atoms with E-state index < -0.39 is 16.1 Å². The highest BCUT2D eigenvalue weighted by Gasteiger charge is 2.32. The van der Waals surface area contributed by atoms with Crippen LogP contribution in [0.2, 0.25) is 0 Å². The molecule has 3 rings (SSSR count). The molecule has 1 aliphatic rings. The van der Waals surface area contributed by atoms with E-state index in [9.17, 15) is 13.2 Å². The van der Waals surface area contributed by atoms with Crippen LogP contribution in [0.4, 0.5) is 5.69 Å². The van der Waals surface area contributed by atoms with Gasteiger partial charge < -0.3 is 4.90 Å². The van der Waals surface area contributed by atoms with Crippen LogP contribution < -0.4 is 9.62 Å². The molecule has 0 spiro atoms. The smallest absolute Gasteiger partial charge is 0.245 e. The van der Waals surface area contributed by atoms with Crippen molar-refractivity contribution in [3.63, 3.8) is 0 Å². The molecule has 6 heteroatoms. The summed E-state index contributed by atoms with van der Waals surface area (Å²) in [5.41, 5.74) is 2.71. The Morgan fingerprint density at radius 3 is 2.44 bits per heavy atom. The van der Waals surface area contributed by atoms with Crippen LogP contribution in [0.25, 0.3) is 0 Å². The van der Waals surface area contributed by atoms with Crippen LogP contribution >= 0.6 is 0 Å². The minimum Gasteiger partial charge on any atom is -0.310 e. The predicted octanol–water partition coefficient (Wildman–Crippen LogP) is 3.11. The van der Waals surface area contributed by atoms with Crippen molar-refractivity contribution in [2.45, 2.75) is 38.5 Å². The molecule has 1 N–H and O–H groups in total. The summed E-state index contributed by atoms with van der Waals surface area (Å²) >= 11 is 0. The summed E-state index contributed by atoms with van der Waals surface area (Å²) in [6.45, 7) is 4.57. The normalized spacial score (nSPS) is 15.0. The maximum absolute atomic E-state index is 13.2. The van der Waals surface area contributed by atoms with Gasteiger partial charge in [-0.15, -0.1) is 0 Å². The van der Waals surface area contributed by atoms with Crippen molar-refractivity contribution < 1.29 is 13.2 Å². The Hall–Kier alpha value is -2.18. The monoisotopic (exact) mass is 386 g/mol. The lowest BCUT2D eigenvalue weighted by atomic mass is 10.0. The molecule has 0 bridgehead atoms. The third kappa shape index (κ3) is 4.96. The van der Waals surface area contributed by atoms with E-state index in [1.54, 1.807) is 17.0 Å².